The Morgan fingerprint density at radius 1 is 1.02 bits per heavy atom. The Labute approximate surface area is 262 Å². The van der Waals surface area contributed by atoms with E-state index in [0.29, 0.717) is 48.6 Å². The van der Waals surface area contributed by atoms with E-state index in [1.54, 1.807) is 0 Å². The van der Waals surface area contributed by atoms with Gasteiger partial charge in [0.1, 0.15) is 41.0 Å². The second kappa shape index (κ2) is 10.7. The summed E-state index contributed by atoms with van der Waals surface area (Å²) in [5.41, 5.74) is 6.89. The number of nitrogens with zero attached hydrogens (tertiary/aromatic N) is 7. The number of pyridine rings is 1. The molecule has 5 aromatic rings. The van der Waals surface area contributed by atoms with Gasteiger partial charge < -0.3 is 20.5 Å². The zero-order chi connectivity index (χ0) is 30.9. The van der Waals surface area contributed by atoms with Gasteiger partial charge in [0, 0.05) is 36.3 Å². The maximum Gasteiger partial charge on any atom is 0.319 e. The van der Waals surface area contributed by atoms with Crippen molar-refractivity contribution in [2.75, 3.05) is 36.9 Å². The van der Waals surface area contributed by atoms with Crippen molar-refractivity contribution in [2.24, 2.45) is 0 Å². The summed E-state index contributed by atoms with van der Waals surface area (Å²) in [6.07, 6.45) is 6.58. The highest BCUT2D eigenvalue weighted by Crippen LogP contribution is 2.42. The van der Waals surface area contributed by atoms with Gasteiger partial charge in [-0.2, -0.15) is 15.1 Å². The minimum atomic E-state index is -0.751. The highest BCUT2D eigenvalue weighted by atomic mass is 35.5. The van der Waals surface area contributed by atoms with Gasteiger partial charge in [0.25, 0.3) is 0 Å². The van der Waals surface area contributed by atoms with Crippen LogP contribution in [0.5, 0.6) is 11.8 Å². The number of aryl methyl sites for hydroxylation is 1. The lowest BCUT2D eigenvalue weighted by Crippen LogP contribution is -2.43. The molecule has 0 unspecified atom stereocenters. The molecule has 3 aliphatic heterocycles. The summed E-state index contributed by atoms with van der Waals surface area (Å²) in [5, 5.41) is 15.8. The first-order chi connectivity index (χ1) is 21.8. The molecule has 0 bridgehead atoms. The number of halogens is 3. The average Bonchev–Trinajstić information content (AvgIpc) is 3.67. The Bertz CT molecular complexity index is 1980. The molecule has 232 valence electrons. The van der Waals surface area contributed by atoms with Gasteiger partial charge in [0.05, 0.1) is 28.2 Å². The van der Waals surface area contributed by atoms with Crippen LogP contribution in [-0.4, -0.2) is 66.5 Å². The molecule has 0 amide bonds. The monoisotopic (exact) mass is 632 g/mol. The molecule has 0 aliphatic carbocycles. The molecule has 2 saturated heterocycles. The van der Waals surface area contributed by atoms with E-state index in [4.69, 9.17) is 27.1 Å². The summed E-state index contributed by atoms with van der Waals surface area (Å²) in [5.74, 6) is -0.625. The van der Waals surface area contributed by atoms with Gasteiger partial charge >= 0.3 is 6.01 Å². The first-order valence-electron chi connectivity index (χ1n) is 15.2. The summed E-state index contributed by atoms with van der Waals surface area (Å²) < 4.78 is 39.6. The lowest BCUT2D eigenvalue weighted by atomic mass is 9.95. The maximum absolute atomic E-state index is 16.8. The number of hydrogen-bond donors (Lipinski definition) is 2. The largest absolute Gasteiger partial charge is 0.508 e. The van der Waals surface area contributed by atoms with E-state index in [-0.39, 0.29) is 44.5 Å². The van der Waals surface area contributed by atoms with E-state index in [9.17, 15) is 9.50 Å². The first-order valence-corrected chi connectivity index (χ1v) is 15.6. The second-order valence-corrected chi connectivity index (χ2v) is 12.6. The van der Waals surface area contributed by atoms with Crippen LogP contribution < -0.4 is 15.4 Å². The number of anilines is 2. The summed E-state index contributed by atoms with van der Waals surface area (Å²) in [6, 6.07) is 7.37. The molecule has 45 heavy (non-hydrogen) atoms. The Kier molecular flexibility index (Phi) is 6.68. The van der Waals surface area contributed by atoms with Gasteiger partial charge in [-0.25, -0.2) is 8.78 Å². The van der Waals surface area contributed by atoms with Crippen LogP contribution in [0.25, 0.3) is 32.9 Å². The van der Waals surface area contributed by atoms with E-state index in [1.165, 1.54) is 30.5 Å². The van der Waals surface area contributed by atoms with Crippen LogP contribution in [0.3, 0.4) is 0 Å². The third-order valence-electron chi connectivity index (χ3n) is 9.50. The highest BCUT2D eigenvalue weighted by molar-refractivity contribution is 6.37. The zero-order valence-corrected chi connectivity index (χ0v) is 25.2. The molecule has 10 nitrogen and oxygen atoms in total. The normalized spacial score (nSPS) is 18.0. The molecule has 3 aromatic heterocycles. The lowest BCUT2D eigenvalue weighted by molar-refractivity contribution is 0.108. The summed E-state index contributed by atoms with van der Waals surface area (Å²) >= 11 is 6.38. The van der Waals surface area contributed by atoms with Crippen molar-refractivity contribution in [1.29, 1.82) is 0 Å². The Hall–Kier alpha value is -4.29. The van der Waals surface area contributed by atoms with Crippen LogP contribution in [0.1, 0.15) is 37.8 Å². The molecule has 3 N–H and O–H groups in total. The fraction of sp³-hybridized carbons (Fsp3) is 0.375. The molecule has 0 saturated carbocycles. The number of ether oxygens (including phenoxy) is 1. The summed E-state index contributed by atoms with van der Waals surface area (Å²) in [7, 11) is 0. The number of rotatable bonds is 5. The van der Waals surface area contributed by atoms with Crippen LogP contribution in [-0.2, 0) is 13.1 Å². The number of nitrogen functional groups attached to an aromatic ring is 1. The minimum absolute atomic E-state index is 0.00786. The standard InChI is InChI=1S/C32H31ClF2N8O2/c33-26-23(34)5-4-18-12-20(44)14-21(25(18)26)28-27(35)29-22(15-37-28)30(41-8-3-11-43-19(16-41)13-24(36)40-43)39-31(38-29)45-17-32-6-1-9-42(32)10-2-7-32/h4-5,12-15,44H,1-3,6-11,16-17H2,(H2,36,40). The smallest absolute Gasteiger partial charge is 0.319 e. The van der Waals surface area contributed by atoms with Crippen molar-refractivity contribution in [1.82, 2.24) is 29.6 Å². The van der Waals surface area contributed by atoms with Gasteiger partial charge in [-0.15, -0.1) is 0 Å². The third-order valence-corrected chi connectivity index (χ3v) is 9.87. The fourth-order valence-corrected chi connectivity index (χ4v) is 7.68. The van der Waals surface area contributed by atoms with Crippen molar-refractivity contribution in [3.8, 4) is 23.0 Å². The summed E-state index contributed by atoms with van der Waals surface area (Å²) in [6.45, 7) is 4.26. The second-order valence-electron chi connectivity index (χ2n) is 12.2. The molecule has 13 heteroatoms. The molecule has 2 fully saturated rings. The van der Waals surface area contributed by atoms with Crippen LogP contribution in [0.2, 0.25) is 5.02 Å². The summed E-state index contributed by atoms with van der Waals surface area (Å²) in [4.78, 5) is 18.5. The Morgan fingerprint density at radius 2 is 1.84 bits per heavy atom. The third kappa shape index (κ3) is 4.69. The number of benzene rings is 2. The molecular formula is C32H31ClF2N8O2. The number of hydrogen-bond acceptors (Lipinski definition) is 9. The molecule has 2 aromatic carbocycles. The molecule has 0 spiro atoms. The number of aromatic hydroxyl groups is 1. The SMILES string of the molecule is Nc1cc2n(n1)CCCN(c1nc(OCC34CCCN3CCC4)nc3c(F)c(-c4cc(O)cc5ccc(F)c(Cl)c45)ncc13)C2. The zero-order valence-electron chi connectivity index (χ0n) is 24.4. The number of phenolic OH excluding ortho intramolecular Hbond substituents is 1. The van der Waals surface area contributed by atoms with Crippen molar-refractivity contribution in [3.05, 3.63) is 58.9 Å². The van der Waals surface area contributed by atoms with Gasteiger partial charge in [-0.3, -0.25) is 14.6 Å². The number of aromatic nitrogens is 5. The number of phenols is 1. The predicted molar refractivity (Wildman–Crippen MR) is 167 cm³/mol. The predicted octanol–water partition coefficient (Wildman–Crippen LogP) is 5.68. The molecule has 8 rings (SSSR count). The van der Waals surface area contributed by atoms with Crippen LogP contribution in [0.15, 0.2) is 36.5 Å². The van der Waals surface area contributed by atoms with Gasteiger partial charge in [0.2, 0.25) is 0 Å². The van der Waals surface area contributed by atoms with Crippen LogP contribution in [0.4, 0.5) is 20.4 Å². The van der Waals surface area contributed by atoms with E-state index in [2.05, 4.69) is 20.0 Å². The van der Waals surface area contributed by atoms with Gasteiger partial charge in [-0.05, 0) is 68.8 Å². The lowest BCUT2D eigenvalue weighted by Gasteiger charge is -2.31. The van der Waals surface area contributed by atoms with Crippen molar-refractivity contribution >= 4 is 44.9 Å². The number of nitrogens with two attached hydrogens (primary N) is 1. The molecule has 3 aliphatic rings. The highest BCUT2D eigenvalue weighted by Gasteiger charge is 2.45. The van der Waals surface area contributed by atoms with E-state index < -0.39 is 11.6 Å². The topological polar surface area (TPSA) is 118 Å². The quantitative estimate of drug-likeness (QED) is 0.252. The minimum Gasteiger partial charge on any atom is -0.508 e. The van der Waals surface area contributed by atoms with E-state index >= 15 is 4.39 Å². The molecule has 0 radical (unpaired) electrons. The van der Waals surface area contributed by atoms with E-state index in [0.717, 1.165) is 50.9 Å². The average molecular weight is 633 g/mol. The van der Waals surface area contributed by atoms with Crippen LogP contribution in [0, 0.1) is 11.6 Å². The van der Waals surface area contributed by atoms with Gasteiger partial charge in [-0.1, -0.05) is 17.7 Å². The van der Waals surface area contributed by atoms with Gasteiger partial charge in [0.15, 0.2) is 5.82 Å². The Morgan fingerprint density at radius 3 is 2.67 bits per heavy atom. The van der Waals surface area contributed by atoms with E-state index in [1.807, 2.05) is 15.6 Å². The number of fused-ring (bicyclic) bond motifs is 4. The molecule has 6 heterocycles. The van der Waals surface area contributed by atoms with Crippen molar-refractivity contribution < 1.29 is 18.6 Å². The maximum atomic E-state index is 16.8. The van der Waals surface area contributed by atoms with Crippen molar-refractivity contribution in [3.63, 3.8) is 0 Å². The fourth-order valence-electron chi connectivity index (χ4n) is 7.41. The molecular weight excluding hydrogens is 602 g/mol. The Balaban J connectivity index is 1.28. The van der Waals surface area contributed by atoms with Crippen LogP contribution >= 0.6 is 11.6 Å². The molecule has 0 atom stereocenters. The van der Waals surface area contributed by atoms with Crippen molar-refractivity contribution in [2.45, 2.75) is 50.7 Å². The first kappa shape index (κ1) is 28.2.